The minimum atomic E-state index is -0.0335. The third-order valence-electron chi connectivity index (χ3n) is 6.03. The molecule has 4 rings (SSSR count). The summed E-state index contributed by atoms with van der Waals surface area (Å²) in [6, 6.07) is 4.31. The lowest BCUT2D eigenvalue weighted by atomic mass is 9.96. The van der Waals surface area contributed by atoms with Crippen molar-refractivity contribution in [3.63, 3.8) is 0 Å². The van der Waals surface area contributed by atoms with Crippen LogP contribution in [0.15, 0.2) is 12.1 Å². The average molecular weight is 399 g/mol. The Labute approximate surface area is 171 Å². The second kappa shape index (κ2) is 8.63. The molecule has 0 aliphatic carbocycles. The number of rotatable bonds is 4. The number of carbonyl (C=O) groups is 1. The van der Waals surface area contributed by atoms with Crippen LogP contribution in [-0.2, 0) is 14.3 Å². The molecule has 7 heteroatoms. The van der Waals surface area contributed by atoms with Crippen LogP contribution in [0.25, 0.3) is 10.9 Å². The number of nitrogens with zero attached hydrogens (tertiary/aromatic N) is 3. The molecule has 0 radical (unpaired) electrons. The summed E-state index contributed by atoms with van der Waals surface area (Å²) in [6.45, 7) is 10.2. The van der Waals surface area contributed by atoms with Crippen molar-refractivity contribution in [1.82, 2.24) is 15.3 Å². The van der Waals surface area contributed by atoms with Gasteiger partial charge in [-0.05, 0) is 56.9 Å². The van der Waals surface area contributed by atoms with Gasteiger partial charge in [0.25, 0.3) is 0 Å². The van der Waals surface area contributed by atoms with Crippen molar-refractivity contribution in [2.24, 2.45) is 5.92 Å². The first-order valence-corrected chi connectivity index (χ1v) is 10.5. The van der Waals surface area contributed by atoms with Crippen molar-refractivity contribution >= 4 is 22.8 Å². The third-order valence-corrected chi connectivity index (χ3v) is 6.03. The minimum absolute atomic E-state index is 0.0298. The van der Waals surface area contributed by atoms with E-state index in [4.69, 9.17) is 19.4 Å². The van der Waals surface area contributed by atoms with Crippen molar-refractivity contribution in [3.8, 4) is 0 Å². The van der Waals surface area contributed by atoms with E-state index in [0.29, 0.717) is 26.4 Å². The highest BCUT2D eigenvalue weighted by Gasteiger charge is 2.27. The van der Waals surface area contributed by atoms with Crippen LogP contribution in [0.1, 0.15) is 29.7 Å². The Morgan fingerprint density at radius 2 is 1.90 bits per heavy atom. The van der Waals surface area contributed by atoms with Gasteiger partial charge in [-0.25, -0.2) is 9.97 Å². The van der Waals surface area contributed by atoms with E-state index in [0.717, 1.165) is 48.5 Å². The zero-order chi connectivity index (χ0) is 20.4. The van der Waals surface area contributed by atoms with Crippen molar-refractivity contribution in [2.75, 3.05) is 44.4 Å². The van der Waals surface area contributed by atoms with E-state index in [9.17, 15) is 4.79 Å². The van der Waals surface area contributed by atoms with Crippen LogP contribution in [0.5, 0.6) is 0 Å². The second-order valence-electron chi connectivity index (χ2n) is 8.14. The Hall–Kier alpha value is -2.25. The van der Waals surface area contributed by atoms with E-state index >= 15 is 0 Å². The number of amides is 1. The molecule has 0 saturated carbocycles. The highest BCUT2D eigenvalue weighted by molar-refractivity contribution is 5.83. The Bertz CT molecular complexity index is 887. The minimum Gasteiger partial charge on any atom is -0.376 e. The lowest BCUT2D eigenvalue weighted by molar-refractivity contribution is -0.128. The number of anilines is 1. The van der Waals surface area contributed by atoms with Gasteiger partial charge in [0.1, 0.15) is 0 Å². The van der Waals surface area contributed by atoms with Crippen molar-refractivity contribution in [3.05, 3.63) is 29.0 Å². The maximum Gasteiger partial charge on any atom is 0.226 e. The van der Waals surface area contributed by atoms with Gasteiger partial charge in [0.15, 0.2) is 0 Å². The fourth-order valence-electron chi connectivity index (χ4n) is 4.02. The number of benzene rings is 1. The first-order valence-electron chi connectivity index (χ1n) is 10.5. The van der Waals surface area contributed by atoms with E-state index in [1.807, 2.05) is 6.92 Å². The highest BCUT2D eigenvalue weighted by Crippen LogP contribution is 2.26. The number of hydrogen-bond donors (Lipinski definition) is 1. The number of fused-ring (bicyclic) bond motifs is 1. The maximum absolute atomic E-state index is 12.5. The first kappa shape index (κ1) is 20.0. The molecule has 2 aliphatic heterocycles. The largest absolute Gasteiger partial charge is 0.376 e. The van der Waals surface area contributed by atoms with Crippen molar-refractivity contribution in [2.45, 2.75) is 39.7 Å². The number of ether oxygens (including phenoxy) is 2. The number of piperidine rings is 1. The first-order chi connectivity index (χ1) is 14.0. The number of aryl methyl sites for hydroxylation is 3. The predicted octanol–water partition coefficient (Wildman–Crippen LogP) is 2.30. The number of hydrogen-bond acceptors (Lipinski definition) is 6. The molecule has 7 nitrogen and oxygen atoms in total. The lowest BCUT2D eigenvalue weighted by Crippen LogP contribution is -2.45. The van der Waals surface area contributed by atoms with Crippen LogP contribution in [-0.4, -0.2) is 61.4 Å². The quantitative estimate of drug-likeness (QED) is 0.852. The summed E-state index contributed by atoms with van der Waals surface area (Å²) in [5.41, 5.74) is 4.49. The van der Waals surface area contributed by atoms with Gasteiger partial charge in [-0.15, -0.1) is 0 Å². The molecular formula is C22H30N4O3. The molecule has 1 amide bonds. The molecule has 3 heterocycles. The van der Waals surface area contributed by atoms with Gasteiger partial charge in [-0.2, -0.15) is 0 Å². The summed E-state index contributed by atoms with van der Waals surface area (Å²) in [5, 5.41) is 4.14. The molecule has 156 valence electrons. The van der Waals surface area contributed by atoms with E-state index in [2.05, 4.69) is 36.2 Å². The number of carbonyl (C=O) groups excluding carboxylic acids is 1. The Balaban J connectivity index is 1.36. The van der Waals surface area contributed by atoms with Gasteiger partial charge in [-0.1, -0.05) is 0 Å². The number of aromatic nitrogens is 2. The summed E-state index contributed by atoms with van der Waals surface area (Å²) in [5.74, 6) is 0.910. The van der Waals surface area contributed by atoms with Gasteiger partial charge in [0.2, 0.25) is 11.9 Å². The van der Waals surface area contributed by atoms with E-state index < -0.39 is 0 Å². The van der Waals surface area contributed by atoms with Gasteiger partial charge in [-0.3, -0.25) is 4.79 Å². The summed E-state index contributed by atoms with van der Waals surface area (Å²) in [7, 11) is 0. The predicted molar refractivity (Wildman–Crippen MR) is 112 cm³/mol. The summed E-state index contributed by atoms with van der Waals surface area (Å²) < 4.78 is 11.0. The van der Waals surface area contributed by atoms with Crippen LogP contribution >= 0.6 is 0 Å². The summed E-state index contributed by atoms with van der Waals surface area (Å²) >= 11 is 0. The molecule has 2 fully saturated rings. The Kier molecular flexibility index (Phi) is 5.96. The van der Waals surface area contributed by atoms with Gasteiger partial charge in [0.05, 0.1) is 37.1 Å². The molecule has 2 saturated heterocycles. The summed E-state index contributed by atoms with van der Waals surface area (Å²) in [4.78, 5) is 24.3. The van der Waals surface area contributed by atoms with Crippen molar-refractivity contribution in [1.29, 1.82) is 0 Å². The van der Waals surface area contributed by atoms with E-state index in [-0.39, 0.29) is 17.9 Å². The van der Waals surface area contributed by atoms with Crippen molar-refractivity contribution < 1.29 is 14.3 Å². The normalized spacial score (nSPS) is 20.8. The van der Waals surface area contributed by atoms with Gasteiger partial charge in [0, 0.05) is 30.9 Å². The molecule has 0 bridgehead atoms. The molecular weight excluding hydrogens is 368 g/mol. The molecule has 1 aromatic carbocycles. The molecule has 2 aliphatic rings. The van der Waals surface area contributed by atoms with Gasteiger partial charge < -0.3 is 19.7 Å². The topological polar surface area (TPSA) is 76.6 Å². The fraction of sp³-hybridized carbons (Fsp3) is 0.591. The standard InChI is InChI=1S/C22H30N4O3/c1-14-10-19-16(3)24-22(25-20(19)11-15(14)2)26-6-4-17(5-7-26)21(27)23-12-18-13-28-8-9-29-18/h10-11,17-18H,4-9,12-13H2,1-3H3,(H,23,27). The third kappa shape index (κ3) is 4.51. The van der Waals surface area contributed by atoms with Gasteiger partial charge >= 0.3 is 0 Å². The molecule has 1 atom stereocenters. The van der Waals surface area contributed by atoms with Crippen LogP contribution < -0.4 is 10.2 Å². The average Bonchev–Trinajstić information content (AvgIpc) is 2.74. The smallest absolute Gasteiger partial charge is 0.226 e. The Morgan fingerprint density at radius 3 is 2.62 bits per heavy atom. The SMILES string of the molecule is Cc1cc2nc(N3CCC(C(=O)NCC4COCCO4)CC3)nc(C)c2cc1C. The van der Waals surface area contributed by atoms with Crippen LogP contribution in [0, 0.1) is 26.7 Å². The van der Waals surface area contributed by atoms with Crippen LogP contribution in [0.3, 0.4) is 0 Å². The zero-order valence-electron chi connectivity index (χ0n) is 17.5. The maximum atomic E-state index is 12.5. The molecule has 1 N–H and O–H groups in total. The molecule has 0 spiro atoms. The molecule has 29 heavy (non-hydrogen) atoms. The van der Waals surface area contributed by atoms with E-state index in [1.54, 1.807) is 0 Å². The molecule has 2 aromatic rings. The van der Waals surface area contributed by atoms with Crippen LogP contribution in [0.4, 0.5) is 5.95 Å². The second-order valence-corrected chi connectivity index (χ2v) is 8.14. The summed E-state index contributed by atoms with van der Waals surface area (Å²) in [6.07, 6.45) is 1.58. The fourth-order valence-corrected chi connectivity index (χ4v) is 4.02. The monoisotopic (exact) mass is 398 g/mol. The van der Waals surface area contributed by atoms with Crippen LogP contribution in [0.2, 0.25) is 0 Å². The zero-order valence-corrected chi connectivity index (χ0v) is 17.5. The molecule has 1 unspecified atom stereocenters. The van der Waals surface area contributed by atoms with E-state index in [1.165, 1.54) is 11.1 Å². The molecule has 1 aromatic heterocycles. The number of nitrogens with one attached hydrogen (secondary N) is 1. The lowest BCUT2D eigenvalue weighted by Gasteiger charge is -2.32. The highest BCUT2D eigenvalue weighted by atomic mass is 16.6. The Morgan fingerprint density at radius 1 is 1.14 bits per heavy atom.